The van der Waals surface area contributed by atoms with Crippen LogP contribution in [0.1, 0.15) is 16.1 Å². The molecule has 0 aliphatic carbocycles. The summed E-state index contributed by atoms with van der Waals surface area (Å²) in [6.07, 6.45) is 4.00. The van der Waals surface area contributed by atoms with E-state index in [1.807, 2.05) is 4.90 Å². The monoisotopic (exact) mass is 327 g/mol. The van der Waals surface area contributed by atoms with Gasteiger partial charge in [0.1, 0.15) is 11.8 Å². The lowest BCUT2D eigenvalue weighted by Gasteiger charge is -2.37. The average molecular weight is 327 g/mol. The minimum Gasteiger partial charge on any atom is -0.367 e. The third-order valence-corrected chi connectivity index (χ3v) is 4.54. The van der Waals surface area contributed by atoms with Gasteiger partial charge in [-0.05, 0) is 6.07 Å². The van der Waals surface area contributed by atoms with E-state index in [4.69, 9.17) is 4.18 Å². The number of aromatic nitrogens is 2. The summed E-state index contributed by atoms with van der Waals surface area (Å²) in [6.45, 7) is 0.913. The van der Waals surface area contributed by atoms with Crippen LogP contribution in [0, 0.1) is 0 Å². The van der Waals surface area contributed by atoms with Gasteiger partial charge in [0.05, 0.1) is 6.26 Å². The summed E-state index contributed by atoms with van der Waals surface area (Å²) in [6, 6.07) is 1.70. The predicted octanol–water partition coefficient (Wildman–Crippen LogP) is 0.867. The van der Waals surface area contributed by atoms with Crippen molar-refractivity contribution in [1.82, 2.24) is 9.97 Å². The first-order valence-electron chi connectivity index (χ1n) is 6.18. The Morgan fingerprint density at radius 2 is 2.29 bits per heavy atom. The maximum Gasteiger partial charge on any atom is 0.264 e. The van der Waals surface area contributed by atoms with Gasteiger partial charge in [-0.1, -0.05) is 0 Å². The summed E-state index contributed by atoms with van der Waals surface area (Å²) in [5.41, 5.74) is 0.954. The molecule has 2 aromatic heterocycles. The number of H-pyrrole nitrogens is 1. The summed E-state index contributed by atoms with van der Waals surface area (Å²) in [5, 5.41) is 2.40. The van der Waals surface area contributed by atoms with E-state index in [0.717, 1.165) is 6.26 Å². The van der Waals surface area contributed by atoms with Crippen molar-refractivity contribution >= 4 is 32.4 Å². The van der Waals surface area contributed by atoms with E-state index in [-0.39, 0.29) is 11.9 Å². The first kappa shape index (κ1) is 14.2. The molecule has 0 aromatic carbocycles. The number of hydrogen-bond acceptors (Lipinski definition) is 7. The average Bonchev–Trinajstić information content (AvgIpc) is 3.02. The Kier molecular flexibility index (Phi) is 3.56. The molecule has 1 aliphatic rings. The van der Waals surface area contributed by atoms with Gasteiger partial charge >= 0.3 is 0 Å². The van der Waals surface area contributed by atoms with E-state index in [1.165, 1.54) is 11.3 Å². The second-order valence-electron chi connectivity index (χ2n) is 4.77. The van der Waals surface area contributed by atoms with Crippen LogP contribution in [0.3, 0.4) is 0 Å². The molecule has 2 aromatic rings. The number of nitrogens with one attached hydrogen (secondary N) is 1. The smallest absolute Gasteiger partial charge is 0.264 e. The molecule has 0 spiro atoms. The number of ketones is 1. The minimum absolute atomic E-state index is 0.136. The van der Waals surface area contributed by atoms with Crippen molar-refractivity contribution in [3.05, 3.63) is 35.1 Å². The van der Waals surface area contributed by atoms with Crippen molar-refractivity contribution in [3.63, 3.8) is 0 Å². The maximum atomic E-state index is 12.1. The molecule has 1 saturated heterocycles. The highest BCUT2D eigenvalue weighted by Crippen LogP contribution is 2.27. The van der Waals surface area contributed by atoms with Gasteiger partial charge in [0.2, 0.25) is 5.78 Å². The predicted molar refractivity (Wildman–Crippen MR) is 78.3 cm³/mol. The summed E-state index contributed by atoms with van der Waals surface area (Å²) in [5.74, 6) is -0.136. The molecular weight excluding hydrogens is 314 g/mol. The summed E-state index contributed by atoms with van der Waals surface area (Å²) < 4.78 is 26.9. The Hall–Kier alpha value is -1.71. The number of carbonyl (C=O) groups excluding carboxylic acids is 1. The topological polar surface area (TPSA) is 92.4 Å². The summed E-state index contributed by atoms with van der Waals surface area (Å²) in [7, 11) is -3.43. The van der Waals surface area contributed by atoms with E-state index >= 15 is 0 Å². The molecule has 3 rings (SSSR count). The molecule has 3 heterocycles. The number of thiazole rings is 1. The van der Waals surface area contributed by atoms with Crippen LogP contribution in [-0.2, 0) is 14.3 Å². The van der Waals surface area contributed by atoms with E-state index in [2.05, 4.69) is 9.97 Å². The molecule has 9 heteroatoms. The highest BCUT2D eigenvalue weighted by Gasteiger charge is 2.32. The SMILES string of the molecule is CS(=O)(=O)OC1CN(c2nc(C(=O)c3cc[nH]c3)cs2)C1. The van der Waals surface area contributed by atoms with Crippen LogP contribution in [0.5, 0.6) is 0 Å². The van der Waals surface area contributed by atoms with Crippen LogP contribution in [0.15, 0.2) is 23.8 Å². The van der Waals surface area contributed by atoms with Gasteiger partial charge in [0.15, 0.2) is 5.13 Å². The van der Waals surface area contributed by atoms with Gasteiger partial charge in [0, 0.05) is 36.4 Å². The van der Waals surface area contributed by atoms with Crippen molar-refractivity contribution in [2.24, 2.45) is 0 Å². The highest BCUT2D eigenvalue weighted by atomic mass is 32.2. The second-order valence-corrected chi connectivity index (χ2v) is 7.21. The molecule has 0 atom stereocenters. The molecule has 0 amide bonds. The lowest BCUT2D eigenvalue weighted by atomic mass is 10.2. The zero-order valence-electron chi connectivity index (χ0n) is 11.1. The number of hydrogen-bond donors (Lipinski definition) is 1. The number of aromatic amines is 1. The van der Waals surface area contributed by atoms with Gasteiger partial charge in [-0.15, -0.1) is 11.3 Å². The Bertz CT molecular complexity index is 745. The molecule has 1 fully saturated rings. The summed E-state index contributed by atoms with van der Waals surface area (Å²) >= 11 is 1.36. The largest absolute Gasteiger partial charge is 0.367 e. The fraction of sp³-hybridized carbons (Fsp3) is 0.333. The second kappa shape index (κ2) is 5.24. The van der Waals surface area contributed by atoms with Crippen molar-refractivity contribution < 1.29 is 17.4 Å². The van der Waals surface area contributed by atoms with Crippen LogP contribution in [0.4, 0.5) is 5.13 Å². The van der Waals surface area contributed by atoms with E-state index in [0.29, 0.717) is 29.5 Å². The van der Waals surface area contributed by atoms with Crippen LogP contribution >= 0.6 is 11.3 Å². The zero-order chi connectivity index (χ0) is 15.0. The van der Waals surface area contributed by atoms with Gasteiger partial charge in [-0.3, -0.25) is 8.98 Å². The normalized spacial score (nSPS) is 16.0. The van der Waals surface area contributed by atoms with Crippen molar-refractivity contribution in [1.29, 1.82) is 0 Å². The number of anilines is 1. The quantitative estimate of drug-likeness (QED) is 0.647. The van der Waals surface area contributed by atoms with Gasteiger partial charge < -0.3 is 9.88 Å². The van der Waals surface area contributed by atoms with Gasteiger partial charge in [0.25, 0.3) is 10.1 Å². The maximum absolute atomic E-state index is 12.1. The Balaban J connectivity index is 1.64. The molecule has 112 valence electrons. The number of rotatable bonds is 5. The van der Waals surface area contributed by atoms with Crippen molar-refractivity contribution in [2.75, 3.05) is 24.2 Å². The van der Waals surface area contributed by atoms with E-state index in [9.17, 15) is 13.2 Å². The first-order chi connectivity index (χ1) is 9.92. The number of nitrogens with zero attached hydrogens (tertiary/aromatic N) is 2. The molecule has 1 N–H and O–H groups in total. The first-order valence-corrected chi connectivity index (χ1v) is 8.88. The Morgan fingerprint density at radius 3 is 2.90 bits per heavy atom. The van der Waals surface area contributed by atoms with Crippen LogP contribution < -0.4 is 4.90 Å². The van der Waals surface area contributed by atoms with Crippen molar-refractivity contribution in [2.45, 2.75) is 6.10 Å². The van der Waals surface area contributed by atoms with Gasteiger partial charge in [-0.25, -0.2) is 4.98 Å². The van der Waals surface area contributed by atoms with Crippen LogP contribution in [0.2, 0.25) is 0 Å². The fourth-order valence-corrected chi connectivity index (χ4v) is 3.47. The van der Waals surface area contributed by atoms with Crippen LogP contribution in [-0.4, -0.2) is 49.6 Å². The lowest BCUT2D eigenvalue weighted by Crippen LogP contribution is -2.53. The highest BCUT2D eigenvalue weighted by molar-refractivity contribution is 7.86. The zero-order valence-corrected chi connectivity index (χ0v) is 12.8. The standard InChI is InChI=1S/C12H13N3O4S2/c1-21(17,18)19-9-5-15(6-9)12-14-10(7-20-12)11(16)8-2-3-13-4-8/h2-4,7,9,13H,5-6H2,1H3. The molecule has 21 heavy (non-hydrogen) atoms. The van der Waals surface area contributed by atoms with Crippen LogP contribution in [0.25, 0.3) is 0 Å². The van der Waals surface area contributed by atoms with E-state index in [1.54, 1.807) is 23.8 Å². The molecular formula is C12H13N3O4S2. The Labute approximate surface area is 125 Å². The summed E-state index contributed by atoms with van der Waals surface area (Å²) in [4.78, 5) is 21.1. The number of carbonyl (C=O) groups is 1. The third kappa shape index (κ3) is 3.14. The third-order valence-electron chi connectivity index (χ3n) is 3.01. The minimum atomic E-state index is -3.43. The molecule has 0 bridgehead atoms. The molecule has 0 saturated carbocycles. The molecule has 0 radical (unpaired) electrons. The van der Waals surface area contributed by atoms with Gasteiger partial charge in [-0.2, -0.15) is 8.42 Å². The van der Waals surface area contributed by atoms with E-state index < -0.39 is 10.1 Å². The molecule has 1 aliphatic heterocycles. The van der Waals surface area contributed by atoms with Crippen molar-refractivity contribution in [3.8, 4) is 0 Å². The Morgan fingerprint density at radius 1 is 1.52 bits per heavy atom. The lowest BCUT2D eigenvalue weighted by molar-refractivity contribution is 0.103. The molecule has 0 unspecified atom stereocenters. The molecule has 7 nitrogen and oxygen atoms in total. The fourth-order valence-electron chi connectivity index (χ4n) is 2.03.